The van der Waals surface area contributed by atoms with Crippen LogP contribution < -0.4 is 0 Å². The Hall–Kier alpha value is -2.50. The molecule has 0 fully saturated rings. The van der Waals surface area contributed by atoms with E-state index in [0.29, 0.717) is 13.1 Å². The number of ether oxygens (including phenoxy) is 1. The van der Waals surface area contributed by atoms with E-state index in [1.807, 2.05) is 26.8 Å². The lowest BCUT2D eigenvalue weighted by Gasteiger charge is -2.30. The third kappa shape index (κ3) is 3.02. The van der Waals surface area contributed by atoms with Crippen molar-refractivity contribution in [1.82, 2.24) is 9.88 Å². The van der Waals surface area contributed by atoms with Crippen LogP contribution in [0, 0.1) is 0 Å². The first-order valence-electron chi connectivity index (χ1n) is 7.59. The van der Waals surface area contributed by atoms with Gasteiger partial charge in [0.1, 0.15) is 5.60 Å². The minimum Gasteiger partial charge on any atom is -0.478 e. The number of carbonyl (C=O) groups excluding carboxylic acids is 1. The van der Waals surface area contributed by atoms with Gasteiger partial charge < -0.3 is 19.7 Å². The van der Waals surface area contributed by atoms with E-state index in [0.717, 1.165) is 28.6 Å². The number of aromatic carboxylic acids is 1. The van der Waals surface area contributed by atoms with Gasteiger partial charge in [-0.1, -0.05) is 6.07 Å². The molecule has 6 nitrogen and oxygen atoms in total. The lowest BCUT2D eigenvalue weighted by molar-refractivity contribution is 0.0222. The van der Waals surface area contributed by atoms with E-state index in [1.165, 1.54) is 0 Å². The van der Waals surface area contributed by atoms with Gasteiger partial charge in [-0.3, -0.25) is 0 Å². The summed E-state index contributed by atoms with van der Waals surface area (Å²) in [7, 11) is 0. The van der Waals surface area contributed by atoms with Gasteiger partial charge in [0, 0.05) is 23.1 Å². The Morgan fingerprint density at radius 2 is 2.04 bits per heavy atom. The fraction of sp³-hybridized carbons (Fsp3) is 0.412. The summed E-state index contributed by atoms with van der Waals surface area (Å²) in [5.74, 6) is -0.949. The zero-order valence-electron chi connectivity index (χ0n) is 13.5. The molecule has 122 valence electrons. The summed E-state index contributed by atoms with van der Waals surface area (Å²) in [5.41, 5.74) is 2.62. The molecule has 1 aromatic heterocycles. The largest absolute Gasteiger partial charge is 0.478 e. The van der Waals surface area contributed by atoms with Gasteiger partial charge in [0.15, 0.2) is 0 Å². The number of carboxylic acids is 1. The van der Waals surface area contributed by atoms with Crippen LogP contribution in [0.5, 0.6) is 0 Å². The predicted molar refractivity (Wildman–Crippen MR) is 85.6 cm³/mol. The number of nitrogens with zero attached hydrogens (tertiary/aromatic N) is 1. The Morgan fingerprint density at radius 3 is 2.70 bits per heavy atom. The van der Waals surface area contributed by atoms with E-state index in [4.69, 9.17) is 9.84 Å². The first-order chi connectivity index (χ1) is 10.7. The number of carbonyl (C=O) groups is 2. The standard InChI is InChI=1S/C17H20N2O4/c1-17(2,3)23-16(22)19-7-6-12-11-5-4-10(15(20)21)8-13(11)18-14(12)9-19/h4-5,8,18H,6-7,9H2,1-3H3,(H,20,21). The molecule has 2 heterocycles. The summed E-state index contributed by atoms with van der Waals surface area (Å²) >= 11 is 0. The molecule has 0 aliphatic carbocycles. The number of carboxylic acid groups (broad SMARTS) is 1. The Labute approximate surface area is 134 Å². The lowest BCUT2D eigenvalue weighted by atomic mass is 10.0. The van der Waals surface area contributed by atoms with Crippen LogP contribution in [-0.4, -0.2) is 39.2 Å². The monoisotopic (exact) mass is 316 g/mol. The molecule has 0 spiro atoms. The molecule has 1 aliphatic heterocycles. The van der Waals surface area contributed by atoms with Crippen LogP contribution in [0.25, 0.3) is 10.9 Å². The molecule has 0 saturated heterocycles. The van der Waals surface area contributed by atoms with Gasteiger partial charge in [-0.25, -0.2) is 9.59 Å². The number of rotatable bonds is 1. The number of hydrogen-bond acceptors (Lipinski definition) is 3. The van der Waals surface area contributed by atoms with Crippen LogP contribution in [0.1, 0.15) is 42.4 Å². The highest BCUT2D eigenvalue weighted by atomic mass is 16.6. The number of benzene rings is 1. The van der Waals surface area contributed by atoms with Crippen molar-refractivity contribution in [3.8, 4) is 0 Å². The molecule has 0 saturated carbocycles. The predicted octanol–water partition coefficient (Wildman–Crippen LogP) is 3.16. The number of H-pyrrole nitrogens is 1. The second kappa shape index (κ2) is 5.30. The van der Waals surface area contributed by atoms with Crippen molar-refractivity contribution in [1.29, 1.82) is 0 Å². The van der Waals surface area contributed by atoms with Gasteiger partial charge in [-0.2, -0.15) is 0 Å². The topological polar surface area (TPSA) is 82.6 Å². The molecule has 6 heteroatoms. The van der Waals surface area contributed by atoms with Crippen LogP contribution in [-0.2, 0) is 17.7 Å². The third-order valence-electron chi connectivity index (χ3n) is 3.87. The molecule has 1 aromatic carbocycles. The van der Waals surface area contributed by atoms with Crippen molar-refractivity contribution in [2.24, 2.45) is 0 Å². The number of hydrogen-bond donors (Lipinski definition) is 2. The summed E-state index contributed by atoms with van der Waals surface area (Å²) in [4.78, 5) is 28.2. The Balaban J connectivity index is 1.88. The Morgan fingerprint density at radius 1 is 1.30 bits per heavy atom. The molecule has 2 aromatic rings. The minimum absolute atomic E-state index is 0.250. The zero-order valence-corrected chi connectivity index (χ0v) is 13.5. The maximum absolute atomic E-state index is 12.2. The highest BCUT2D eigenvalue weighted by Gasteiger charge is 2.27. The average molecular weight is 316 g/mol. The fourth-order valence-corrected chi connectivity index (χ4v) is 2.86. The van der Waals surface area contributed by atoms with Crippen LogP contribution in [0.4, 0.5) is 4.79 Å². The molecular formula is C17H20N2O4. The van der Waals surface area contributed by atoms with Crippen LogP contribution in [0.3, 0.4) is 0 Å². The SMILES string of the molecule is CC(C)(C)OC(=O)N1CCc2c([nH]c3cc(C(=O)O)ccc23)C1. The van der Waals surface area contributed by atoms with Crippen molar-refractivity contribution in [3.63, 3.8) is 0 Å². The van der Waals surface area contributed by atoms with E-state index >= 15 is 0 Å². The van der Waals surface area contributed by atoms with Crippen molar-refractivity contribution in [2.45, 2.75) is 39.3 Å². The summed E-state index contributed by atoms with van der Waals surface area (Å²) < 4.78 is 5.41. The van der Waals surface area contributed by atoms with Gasteiger partial charge in [0.25, 0.3) is 0 Å². The van der Waals surface area contributed by atoms with E-state index in [9.17, 15) is 9.59 Å². The van der Waals surface area contributed by atoms with Gasteiger partial charge in [-0.15, -0.1) is 0 Å². The van der Waals surface area contributed by atoms with Crippen LogP contribution >= 0.6 is 0 Å². The third-order valence-corrected chi connectivity index (χ3v) is 3.87. The molecule has 0 bridgehead atoms. The lowest BCUT2D eigenvalue weighted by Crippen LogP contribution is -2.39. The van der Waals surface area contributed by atoms with Crippen molar-refractivity contribution < 1.29 is 19.4 Å². The second-order valence-corrected chi connectivity index (χ2v) is 6.80. The number of aromatic nitrogens is 1. The van der Waals surface area contributed by atoms with Crippen molar-refractivity contribution in [3.05, 3.63) is 35.0 Å². The first-order valence-corrected chi connectivity index (χ1v) is 7.59. The molecular weight excluding hydrogens is 296 g/mol. The molecule has 0 radical (unpaired) electrons. The zero-order chi connectivity index (χ0) is 16.8. The second-order valence-electron chi connectivity index (χ2n) is 6.80. The normalized spacial score (nSPS) is 14.7. The summed E-state index contributed by atoms with van der Waals surface area (Å²) in [6.07, 6.45) is 0.397. The van der Waals surface area contributed by atoms with Crippen molar-refractivity contribution in [2.75, 3.05) is 6.54 Å². The maximum Gasteiger partial charge on any atom is 0.410 e. The molecule has 0 unspecified atom stereocenters. The van der Waals surface area contributed by atoms with Gasteiger partial charge in [0.05, 0.1) is 12.1 Å². The summed E-state index contributed by atoms with van der Waals surface area (Å²) in [6, 6.07) is 5.07. The number of amides is 1. The average Bonchev–Trinajstić information content (AvgIpc) is 2.81. The smallest absolute Gasteiger partial charge is 0.410 e. The highest BCUT2D eigenvalue weighted by molar-refractivity contribution is 5.95. The minimum atomic E-state index is -0.949. The molecule has 1 amide bonds. The van der Waals surface area contributed by atoms with Gasteiger partial charge >= 0.3 is 12.1 Å². The number of fused-ring (bicyclic) bond motifs is 3. The van der Waals surface area contributed by atoms with E-state index in [1.54, 1.807) is 17.0 Å². The summed E-state index contributed by atoms with van der Waals surface area (Å²) in [5, 5.41) is 10.1. The summed E-state index contributed by atoms with van der Waals surface area (Å²) in [6.45, 7) is 6.57. The molecule has 23 heavy (non-hydrogen) atoms. The van der Waals surface area contributed by atoms with E-state index in [2.05, 4.69) is 4.98 Å². The first kappa shape index (κ1) is 15.4. The van der Waals surface area contributed by atoms with E-state index in [-0.39, 0.29) is 11.7 Å². The number of nitrogens with one attached hydrogen (secondary N) is 1. The maximum atomic E-state index is 12.2. The van der Waals surface area contributed by atoms with Crippen LogP contribution in [0.2, 0.25) is 0 Å². The van der Waals surface area contributed by atoms with Crippen LogP contribution in [0.15, 0.2) is 18.2 Å². The highest BCUT2D eigenvalue weighted by Crippen LogP contribution is 2.29. The molecule has 0 atom stereocenters. The van der Waals surface area contributed by atoms with Crippen molar-refractivity contribution >= 4 is 23.0 Å². The molecule has 2 N–H and O–H groups in total. The fourth-order valence-electron chi connectivity index (χ4n) is 2.86. The quantitative estimate of drug-likeness (QED) is 0.846. The van der Waals surface area contributed by atoms with Gasteiger partial charge in [-0.05, 0) is 44.9 Å². The number of aromatic amines is 1. The Kier molecular flexibility index (Phi) is 3.55. The van der Waals surface area contributed by atoms with E-state index < -0.39 is 11.6 Å². The Bertz CT molecular complexity index is 786. The molecule has 3 rings (SSSR count). The molecule has 1 aliphatic rings. The van der Waals surface area contributed by atoms with Gasteiger partial charge in [0.2, 0.25) is 0 Å².